The number of hydrogen-bond donors (Lipinski definition) is 1. The zero-order valence-corrected chi connectivity index (χ0v) is 27.8. The highest BCUT2D eigenvalue weighted by molar-refractivity contribution is 7.16. The van der Waals surface area contributed by atoms with E-state index in [1.807, 2.05) is 24.4 Å². The molecule has 0 bridgehead atoms. The first-order chi connectivity index (χ1) is 22.7. The summed E-state index contributed by atoms with van der Waals surface area (Å²) >= 11 is 2.42. The number of rotatable bonds is 10. The van der Waals surface area contributed by atoms with Gasteiger partial charge in [0.1, 0.15) is 27.4 Å². The second-order valence-corrected chi connectivity index (χ2v) is 12.9. The lowest BCUT2D eigenvalue weighted by molar-refractivity contribution is -0.0580. The van der Waals surface area contributed by atoms with Crippen LogP contribution in [0.3, 0.4) is 0 Å². The van der Waals surface area contributed by atoms with E-state index >= 15 is 0 Å². The Morgan fingerprint density at radius 1 is 1.02 bits per heavy atom. The Bertz CT molecular complexity index is 1930. The zero-order valence-electron chi connectivity index (χ0n) is 26.1. The predicted octanol–water partition coefficient (Wildman–Crippen LogP) is 7.30. The van der Waals surface area contributed by atoms with E-state index < -0.39 is 11.9 Å². The van der Waals surface area contributed by atoms with Gasteiger partial charge in [-0.2, -0.15) is 23.5 Å². The van der Waals surface area contributed by atoms with Crippen LogP contribution in [0, 0.1) is 11.3 Å². The van der Waals surface area contributed by atoms with Crippen molar-refractivity contribution in [3.8, 4) is 33.6 Å². The molecular formula is C33H33F3N8OS2. The third kappa shape index (κ3) is 7.03. The van der Waals surface area contributed by atoms with Crippen LogP contribution in [0.2, 0.25) is 0 Å². The Balaban J connectivity index is 1.30. The van der Waals surface area contributed by atoms with Crippen molar-refractivity contribution in [3.63, 3.8) is 0 Å². The van der Waals surface area contributed by atoms with Crippen molar-refractivity contribution in [2.75, 3.05) is 45.3 Å². The molecule has 1 N–H and O–H groups in total. The van der Waals surface area contributed by atoms with Crippen LogP contribution in [-0.2, 0) is 13.1 Å². The molecule has 1 aliphatic rings. The number of hydrazone groups is 1. The van der Waals surface area contributed by atoms with Gasteiger partial charge in [0, 0.05) is 78.4 Å². The van der Waals surface area contributed by atoms with Crippen LogP contribution in [0.25, 0.3) is 32.7 Å². The molecule has 0 atom stereocenters. The van der Waals surface area contributed by atoms with E-state index in [4.69, 9.17) is 9.72 Å². The number of nitrogens with one attached hydrogen (secondary N) is 1. The number of thiazole rings is 2. The SMILES string of the molecule is CCN1CCN(Cc2csc(-c3ccc4c(c3)c(/C(=N/Nc3nc(-c5ccc(OC)cc5)c(C#N)s3)C(F)(F)F)cn4CC)n2)CC1. The van der Waals surface area contributed by atoms with Gasteiger partial charge in [-0.25, -0.2) is 9.97 Å². The topological polar surface area (TPSA) is 94.6 Å². The van der Waals surface area contributed by atoms with E-state index in [0.717, 1.165) is 66.9 Å². The highest BCUT2D eigenvalue weighted by Crippen LogP contribution is 2.35. The number of anilines is 1. The number of alkyl halides is 3. The summed E-state index contributed by atoms with van der Waals surface area (Å²) in [5.41, 5.74) is 4.71. The average molecular weight is 679 g/mol. The second-order valence-electron chi connectivity index (χ2n) is 11.0. The number of likely N-dealkylation sites (N-methyl/N-ethyl adjacent to an activating group) is 1. The van der Waals surface area contributed by atoms with Crippen molar-refractivity contribution >= 4 is 44.4 Å². The number of nitriles is 1. The first-order valence-electron chi connectivity index (χ1n) is 15.2. The van der Waals surface area contributed by atoms with Gasteiger partial charge in [-0.3, -0.25) is 10.3 Å². The normalized spacial score (nSPS) is 14.9. The molecule has 244 valence electrons. The summed E-state index contributed by atoms with van der Waals surface area (Å²) in [6, 6.07) is 14.5. The van der Waals surface area contributed by atoms with Crippen LogP contribution in [0.4, 0.5) is 18.3 Å². The van der Waals surface area contributed by atoms with Crippen LogP contribution in [0.5, 0.6) is 5.75 Å². The third-order valence-corrected chi connectivity index (χ3v) is 10.0. The summed E-state index contributed by atoms with van der Waals surface area (Å²) in [6.07, 6.45) is -3.29. The Kier molecular flexibility index (Phi) is 9.60. The number of benzene rings is 2. The summed E-state index contributed by atoms with van der Waals surface area (Å²) in [5.74, 6) is 0.631. The minimum atomic E-state index is -4.78. The quantitative estimate of drug-likeness (QED) is 0.122. The molecule has 5 aromatic rings. The van der Waals surface area contributed by atoms with Gasteiger partial charge in [0.2, 0.25) is 5.13 Å². The van der Waals surface area contributed by atoms with Gasteiger partial charge in [-0.05, 0) is 55.9 Å². The van der Waals surface area contributed by atoms with Crippen molar-refractivity contribution in [3.05, 3.63) is 70.2 Å². The number of piperazine rings is 1. The molecule has 2 aromatic carbocycles. The molecule has 0 aliphatic carbocycles. The lowest BCUT2D eigenvalue weighted by Crippen LogP contribution is -2.45. The number of hydrogen-bond acceptors (Lipinski definition) is 10. The number of aryl methyl sites for hydroxylation is 1. The second kappa shape index (κ2) is 13.8. The molecule has 3 aromatic heterocycles. The molecule has 0 amide bonds. The smallest absolute Gasteiger partial charge is 0.435 e. The van der Waals surface area contributed by atoms with Crippen molar-refractivity contribution in [1.29, 1.82) is 5.26 Å². The molecule has 1 aliphatic heterocycles. The zero-order chi connectivity index (χ0) is 33.1. The van der Waals surface area contributed by atoms with Crippen LogP contribution >= 0.6 is 22.7 Å². The van der Waals surface area contributed by atoms with Gasteiger partial charge in [0.15, 0.2) is 5.71 Å². The molecule has 47 heavy (non-hydrogen) atoms. The van der Waals surface area contributed by atoms with Gasteiger partial charge in [-0.15, -0.1) is 11.3 Å². The molecular weight excluding hydrogens is 646 g/mol. The highest BCUT2D eigenvalue weighted by atomic mass is 32.1. The Hall–Kier alpha value is -4.29. The maximum Gasteiger partial charge on any atom is 0.435 e. The fourth-order valence-electron chi connectivity index (χ4n) is 5.65. The Labute approximate surface area is 278 Å². The van der Waals surface area contributed by atoms with Gasteiger partial charge < -0.3 is 14.2 Å². The average Bonchev–Trinajstić information content (AvgIpc) is 3.82. The summed E-state index contributed by atoms with van der Waals surface area (Å²) in [4.78, 5) is 14.3. The number of ether oxygens (including phenoxy) is 1. The summed E-state index contributed by atoms with van der Waals surface area (Å²) in [6.45, 7) is 10.4. The number of aromatic nitrogens is 3. The molecule has 0 spiro atoms. The molecule has 4 heterocycles. The molecule has 0 saturated carbocycles. The van der Waals surface area contributed by atoms with Crippen molar-refractivity contribution in [2.45, 2.75) is 33.1 Å². The minimum absolute atomic E-state index is 0.0540. The van der Waals surface area contributed by atoms with Crippen LogP contribution in [0.15, 0.2) is 59.1 Å². The number of methoxy groups -OCH3 is 1. The van der Waals surface area contributed by atoms with Gasteiger partial charge >= 0.3 is 6.18 Å². The van der Waals surface area contributed by atoms with E-state index in [1.54, 1.807) is 42.0 Å². The van der Waals surface area contributed by atoms with Crippen molar-refractivity contribution < 1.29 is 17.9 Å². The molecule has 9 nitrogen and oxygen atoms in total. The fourth-order valence-corrected chi connectivity index (χ4v) is 7.19. The lowest BCUT2D eigenvalue weighted by atomic mass is 10.1. The van der Waals surface area contributed by atoms with E-state index in [2.05, 4.69) is 38.3 Å². The number of nitrogens with zero attached hydrogens (tertiary/aromatic N) is 7. The Morgan fingerprint density at radius 2 is 1.74 bits per heavy atom. The monoisotopic (exact) mass is 678 g/mol. The summed E-state index contributed by atoms with van der Waals surface area (Å²) in [5, 5.41) is 16.8. The first-order valence-corrected chi connectivity index (χ1v) is 16.9. The van der Waals surface area contributed by atoms with Crippen molar-refractivity contribution in [2.24, 2.45) is 5.10 Å². The van der Waals surface area contributed by atoms with Crippen LogP contribution < -0.4 is 10.2 Å². The van der Waals surface area contributed by atoms with Gasteiger partial charge in [-0.1, -0.05) is 18.3 Å². The molecule has 0 unspecified atom stereocenters. The van der Waals surface area contributed by atoms with Crippen molar-refractivity contribution in [1.82, 2.24) is 24.3 Å². The first kappa shape index (κ1) is 32.6. The maximum absolute atomic E-state index is 14.7. The Morgan fingerprint density at radius 3 is 2.40 bits per heavy atom. The van der Waals surface area contributed by atoms with E-state index in [9.17, 15) is 18.4 Å². The van der Waals surface area contributed by atoms with Gasteiger partial charge in [0.05, 0.1) is 12.8 Å². The molecule has 1 fully saturated rings. The molecule has 6 rings (SSSR count). The largest absolute Gasteiger partial charge is 0.497 e. The van der Waals surface area contributed by atoms with E-state index in [-0.39, 0.29) is 15.6 Å². The van der Waals surface area contributed by atoms with E-state index in [0.29, 0.717) is 34.5 Å². The van der Waals surface area contributed by atoms with Crippen LogP contribution in [-0.4, -0.2) is 76.1 Å². The lowest BCUT2D eigenvalue weighted by Gasteiger charge is -2.33. The van der Waals surface area contributed by atoms with E-state index in [1.165, 1.54) is 17.5 Å². The highest BCUT2D eigenvalue weighted by Gasteiger charge is 2.39. The maximum atomic E-state index is 14.7. The summed E-state index contributed by atoms with van der Waals surface area (Å²) in [7, 11) is 1.54. The third-order valence-electron chi connectivity index (χ3n) is 8.20. The predicted molar refractivity (Wildman–Crippen MR) is 181 cm³/mol. The molecule has 0 radical (unpaired) electrons. The van der Waals surface area contributed by atoms with Gasteiger partial charge in [0.25, 0.3) is 0 Å². The minimum Gasteiger partial charge on any atom is -0.497 e. The summed E-state index contributed by atoms with van der Waals surface area (Å²) < 4.78 is 50.9. The fraction of sp³-hybridized carbons (Fsp3) is 0.333. The number of halogens is 3. The molecule has 1 saturated heterocycles. The van der Waals surface area contributed by atoms with Crippen LogP contribution in [0.1, 0.15) is 30.0 Å². The standard InChI is InChI=1S/C33H33F3N8OS2/c1-4-42-12-14-43(15-13-42)18-23-20-46-31(38-23)22-8-11-27-25(16-22)26(19-44(27)5-2)30(33(34,35)36)40-41-32-39-29(28(17-37)47-32)21-6-9-24(45-3)10-7-21/h6-11,16,19-20H,4-5,12-15,18H2,1-3H3,(H,39,41)/b40-30-. The molecule has 14 heteroatoms. The number of fused-ring (bicyclic) bond motifs is 1.